The van der Waals surface area contributed by atoms with Crippen molar-refractivity contribution in [3.05, 3.63) is 59.3 Å². The average molecular weight is 377 g/mol. The third kappa shape index (κ3) is 3.66. The summed E-state index contributed by atoms with van der Waals surface area (Å²) in [6.07, 6.45) is 9.00. The highest BCUT2D eigenvalue weighted by molar-refractivity contribution is 6.06. The van der Waals surface area contributed by atoms with Crippen molar-refractivity contribution in [3.8, 4) is 0 Å². The fraction of sp³-hybridized carbons (Fsp3) is 0.435. The Hall–Kier alpha value is -2.69. The number of carbonyl (C=O) groups is 1. The molecule has 0 bridgehead atoms. The predicted molar refractivity (Wildman–Crippen MR) is 111 cm³/mol. The van der Waals surface area contributed by atoms with Crippen molar-refractivity contribution >= 4 is 16.8 Å². The van der Waals surface area contributed by atoms with Crippen LogP contribution in [-0.4, -0.2) is 37.9 Å². The van der Waals surface area contributed by atoms with Gasteiger partial charge in [-0.25, -0.2) is 4.98 Å². The topological polar surface area (TPSA) is 51.0 Å². The Morgan fingerprint density at radius 2 is 2.07 bits per heavy atom. The van der Waals surface area contributed by atoms with Crippen LogP contribution in [0.5, 0.6) is 0 Å². The number of nitrogens with zero attached hydrogens (tertiary/aromatic N) is 4. The van der Waals surface area contributed by atoms with Crippen LogP contribution < -0.4 is 0 Å². The summed E-state index contributed by atoms with van der Waals surface area (Å²) in [5.74, 6) is 1.23. The Morgan fingerprint density at radius 3 is 2.86 bits per heavy atom. The molecule has 146 valence electrons. The molecule has 3 aromatic rings. The zero-order valence-corrected chi connectivity index (χ0v) is 17.0. The molecule has 4 rings (SSSR count). The standard InChI is InChI=1S/C23H28N4O/c1-16-7-9-21-19(14-16)20(15-17(2)25-21)23(28)27-12-5-4-6-18(27)8-10-22-24-11-13-26(22)3/h7,9,11,13-15,18H,4-6,8,10,12H2,1-3H3. The number of hydrogen-bond acceptors (Lipinski definition) is 3. The van der Waals surface area contributed by atoms with Gasteiger partial charge in [-0.3, -0.25) is 9.78 Å². The summed E-state index contributed by atoms with van der Waals surface area (Å²) in [5, 5.41) is 0.962. The van der Waals surface area contributed by atoms with Crippen LogP contribution in [0.15, 0.2) is 36.7 Å². The van der Waals surface area contributed by atoms with E-state index >= 15 is 0 Å². The highest BCUT2D eigenvalue weighted by atomic mass is 16.2. The SMILES string of the molecule is Cc1ccc2nc(C)cc(C(=O)N3CCCCC3CCc3nccn3C)c2c1. The first-order valence-corrected chi connectivity index (χ1v) is 10.2. The summed E-state index contributed by atoms with van der Waals surface area (Å²) >= 11 is 0. The number of piperidine rings is 1. The molecule has 1 saturated heterocycles. The number of hydrogen-bond donors (Lipinski definition) is 0. The van der Waals surface area contributed by atoms with Gasteiger partial charge < -0.3 is 9.47 Å². The van der Waals surface area contributed by atoms with Crippen LogP contribution in [0, 0.1) is 13.8 Å². The number of pyridine rings is 1. The Balaban J connectivity index is 1.62. The number of amides is 1. The van der Waals surface area contributed by atoms with E-state index < -0.39 is 0 Å². The summed E-state index contributed by atoms with van der Waals surface area (Å²) in [6.45, 7) is 4.85. The van der Waals surface area contributed by atoms with Crippen molar-refractivity contribution in [1.82, 2.24) is 19.4 Å². The molecule has 1 atom stereocenters. The second-order valence-electron chi connectivity index (χ2n) is 7.97. The molecule has 1 aliphatic heterocycles. The minimum Gasteiger partial charge on any atom is -0.338 e. The van der Waals surface area contributed by atoms with E-state index in [2.05, 4.69) is 38.5 Å². The molecular weight excluding hydrogens is 348 g/mol. The van der Waals surface area contributed by atoms with Gasteiger partial charge in [0.2, 0.25) is 0 Å². The summed E-state index contributed by atoms with van der Waals surface area (Å²) in [4.78, 5) is 24.8. The minimum absolute atomic E-state index is 0.144. The van der Waals surface area contributed by atoms with Crippen molar-refractivity contribution < 1.29 is 4.79 Å². The van der Waals surface area contributed by atoms with Gasteiger partial charge in [0.1, 0.15) is 5.82 Å². The van der Waals surface area contributed by atoms with E-state index in [0.717, 1.165) is 65.8 Å². The molecule has 1 aliphatic rings. The van der Waals surface area contributed by atoms with E-state index in [1.165, 1.54) is 6.42 Å². The van der Waals surface area contributed by atoms with Crippen molar-refractivity contribution in [2.24, 2.45) is 7.05 Å². The molecule has 3 heterocycles. The zero-order chi connectivity index (χ0) is 19.7. The minimum atomic E-state index is 0.144. The van der Waals surface area contributed by atoms with E-state index in [1.807, 2.05) is 38.5 Å². The quantitative estimate of drug-likeness (QED) is 0.685. The van der Waals surface area contributed by atoms with Gasteiger partial charge in [0.25, 0.3) is 5.91 Å². The van der Waals surface area contributed by atoms with Crippen LogP contribution in [-0.2, 0) is 13.5 Å². The lowest BCUT2D eigenvalue weighted by atomic mass is 9.95. The Morgan fingerprint density at radius 1 is 1.21 bits per heavy atom. The summed E-state index contributed by atoms with van der Waals surface area (Å²) in [6, 6.07) is 8.38. The maximum absolute atomic E-state index is 13.6. The van der Waals surface area contributed by atoms with Crippen LogP contribution in [0.4, 0.5) is 0 Å². The summed E-state index contributed by atoms with van der Waals surface area (Å²) in [5.41, 5.74) is 3.73. The van der Waals surface area contributed by atoms with Gasteiger partial charge in [-0.15, -0.1) is 0 Å². The molecule has 2 aromatic heterocycles. The van der Waals surface area contributed by atoms with Gasteiger partial charge in [-0.05, 0) is 57.7 Å². The van der Waals surface area contributed by atoms with Gasteiger partial charge >= 0.3 is 0 Å². The van der Waals surface area contributed by atoms with E-state index in [-0.39, 0.29) is 11.9 Å². The highest BCUT2D eigenvalue weighted by Crippen LogP contribution is 2.27. The highest BCUT2D eigenvalue weighted by Gasteiger charge is 2.28. The van der Waals surface area contributed by atoms with Crippen molar-refractivity contribution in [2.45, 2.75) is 52.0 Å². The number of imidazole rings is 1. The number of carbonyl (C=O) groups excluding carboxylic acids is 1. The van der Waals surface area contributed by atoms with Gasteiger partial charge in [-0.1, -0.05) is 11.6 Å². The molecule has 0 saturated carbocycles. The third-order valence-electron chi connectivity index (χ3n) is 5.83. The molecular formula is C23H28N4O. The number of aromatic nitrogens is 3. The smallest absolute Gasteiger partial charge is 0.254 e. The third-order valence-corrected chi connectivity index (χ3v) is 5.83. The first kappa shape index (κ1) is 18.7. The lowest BCUT2D eigenvalue weighted by Crippen LogP contribution is -2.44. The van der Waals surface area contributed by atoms with Crippen molar-refractivity contribution in [3.63, 3.8) is 0 Å². The van der Waals surface area contributed by atoms with Gasteiger partial charge in [-0.2, -0.15) is 0 Å². The molecule has 28 heavy (non-hydrogen) atoms. The molecule has 0 radical (unpaired) electrons. The average Bonchev–Trinajstić information content (AvgIpc) is 3.10. The Labute approximate surface area is 166 Å². The second-order valence-corrected chi connectivity index (χ2v) is 7.97. The van der Waals surface area contributed by atoms with E-state index in [0.29, 0.717) is 0 Å². The summed E-state index contributed by atoms with van der Waals surface area (Å²) in [7, 11) is 2.03. The van der Waals surface area contributed by atoms with Crippen LogP contribution in [0.3, 0.4) is 0 Å². The van der Waals surface area contributed by atoms with E-state index in [1.54, 1.807) is 0 Å². The van der Waals surface area contributed by atoms with E-state index in [4.69, 9.17) is 0 Å². The fourth-order valence-electron chi connectivity index (χ4n) is 4.30. The molecule has 0 aliphatic carbocycles. The maximum atomic E-state index is 13.6. The molecule has 1 unspecified atom stereocenters. The number of aryl methyl sites for hydroxylation is 4. The lowest BCUT2D eigenvalue weighted by molar-refractivity contribution is 0.0603. The normalized spacial score (nSPS) is 17.2. The molecule has 5 nitrogen and oxygen atoms in total. The predicted octanol–water partition coefficient (Wildman–Crippen LogP) is 4.21. The molecule has 1 aromatic carbocycles. The number of benzene rings is 1. The van der Waals surface area contributed by atoms with Crippen LogP contribution in [0.2, 0.25) is 0 Å². The van der Waals surface area contributed by atoms with Gasteiger partial charge in [0.15, 0.2) is 0 Å². The number of rotatable bonds is 4. The van der Waals surface area contributed by atoms with Gasteiger partial charge in [0, 0.05) is 49.5 Å². The number of likely N-dealkylation sites (tertiary alicyclic amines) is 1. The molecule has 5 heteroatoms. The molecule has 0 N–H and O–H groups in total. The van der Waals surface area contributed by atoms with Crippen molar-refractivity contribution in [1.29, 1.82) is 0 Å². The Bertz CT molecular complexity index is 1010. The first-order chi connectivity index (χ1) is 13.5. The van der Waals surface area contributed by atoms with E-state index in [9.17, 15) is 4.79 Å². The Kier molecular flexibility index (Phi) is 5.16. The van der Waals surface area contributed by atoms with Gasteiger partial charge in [0.05, 0.1) is 11.1 Å². The van der Waals surface area contributed by atoms with Crippen molar-refractivity contribution in [2.75, 3.05) is 6.54 Å². The first-order valence-electron chi connectivity index (χ1n) is 10.2. The second kappa shape index (κ2) is 7.74. The molecule has 1 amide bonds. The maximum Gasteiger partial charge on any atom is 0.254 e. The molecule has 1 fully saturated rings. The molecule has 0 spiro atoms. The fourth-order valence-corrected chi connectivity index (χ4v) is 4.30. The zero-order valence-electron chi connectivity index (χ0n) is 17.0. The van der Waals surface area contributed by atoms with Crippen LogP contribution in [0.25, 0.3) is 10.9 Å². The number of fused-ring (bicyclic) bond motifs is 1. The summed E-state index contributed by atoms with van der Waals surface area (Å²) < 4.78 is 2.07. The van der Waals surface area contributed by atoms with Crippen LogP contribution >= 0.6 is 0 Å². The largest absolute Gasteiger partial charge is 0.338 e. The monoisotopic (exact) mass is 376 g/mol. The lowest BCUT2D eigenvalue weighted by Gasteiger charge is -2.36. The van der Waals surface area contributed by atoms with Crippen LogP contribution in [0.1, 0.15) is 53.1 Å².